The molecule has 0 amide bonds. The summed E-state index contributed by atoms with van der Waals surface area (Å²) in [5, 5.41) is 0.878. The highest BCUT2D eigenvalue weighted by Crippen LogP contribution is 2.24. The van der Waals surface area contributed by atoms with Crippen LogP contribution in [0.5, 0.6) is 0 Å². The maximum Gasteiger partial charge on any atom is 0.200 e. The van der Waals surface area contributed by atoms with Gasteiger partial charge in [0.25, 0.3) is 0 Å². The molecule has 0 atom stereocenters. The van der Waals surface area contributed by atoms with E-state index in [1.54, 1.807) is 17.8 Å². The molecule has 0 aliphatic heterocycles. The Bertz CT molecular complexity index is 409. The van der Waals surface area contributed by atoms with E-state index in [0.29, 0.717) is 5.76 Å². The van der Waals surface area contributed by atoms with Gasteiger partial charge in [-0.2, -0.15) is 0 Å². The van der Waals surface area contributed by atoms with Crippen LogP contribution >= 0.6 is 11.8 Å². The van der Waals surface area contributed by atoms with Gasteiger partial charge in [-0.05, 0) is 18.6 Å². The highest BCUT2D eigenvalue weighted by atomic mass is 32.2. The third-order valence-corrected chi connectivity index (χ3v) is 4.84. The van der Waals surface area contributed by atoms with Crippen molar-refractivity contribution in [3.05, 3.63) is 17.9 Å². The number of thioether (sulfide) groups is 1. The average molecular weight is 325 g/mol. The van der Waals surface area contributed by atoms with Gasteiger partial charge < -0.3 is 4.42 Å². The Kier molecular flexibility index (Phi) is 10.4. The largest absolute Gasteiger partial charge is 0.447 e. The molecule has 1 heterocycles. The van der Waals surface area contributed by atoms with Crippen molar-refractivity contribution in [3.8, 4) is 0 Å². The molecule has 2 nitrogen and oxygen atoms in total. The first kappa shape index (κ1) is 19.3. The van der Waals surface area contributed by atoms with Crippen LogP contribution < -0.4 is 0 Å². The molecule has 0 aliphatic carbocycles. The first-order valence-electron chi connectivity index (χ1n) is 8.92. The van der Waals surface area contributed by atoms with Gasteiger partial charge in [-0.25, -0.2) is 0 Å². The Morgan fingerprint density at radius 2 is 1.59 bits per heavy atom. The summed E-state index contributed by atoms with van der Waals surface area (Å²) < 4.78 is 5.60. The molecular formula is C19H32O2S. The normalized spacial score (nSPS) is 11.3. The van der Waals surface area contributed by atoms with Crippen LogP contribution in [0.4, 0.5) is 0 Å². The van der Waals surface area contributed by atoms with Crippen molar-refractivity contribution in [3.63, 3.8) is 0 Å². The molecule has 126 valence electrons. The molecule has 0 N–H and O–H groups in total. The van der Waals surface area contributed by atoms with Gasteiger partial charge in [0.1, 0.15) is 0 Å². The van der Waals surface area contributed by atoms with Crippen LogP contribution in [-0.4, -0.2) is 11.5 Å². The number of carbonyl (C=O) groups is 1. The number of hydrogen-bond acceptors (Lipinski definition) is 3. The molecule has 0 spiro atoms. The van der Waals surface area contributed by atoms with E-state index in [0.717, 1.165) is 10.8 Å². The van der Waals surface area contributed by atoms with Crippen molar-refractivity contribution in [2.24, 2.45) is 5.92 Å². The molecule has 0 bridgehead atoms. The van der Waals surface area contributed by atoms with E-state index in [4.69, 9.17) is 4.42 Å². The highest BCUT2D eigenvalue weighted by Gasteiger charge is 2.14. The van der Waals surface area contributed by atoms with E-state index < -0.39 is 0 Å². The molecule has 0 unspecified atom stereocenters. The monoisotopic (exact) mass is 324 g/mol. The number of unbranched alkanes of at least 4 members (excludes halogenated alkanes) is 8. The van der Waals surface area contributed by atoms with Gasteiger partial charge in [-0.3, -0.25) is 4.79 Å². The van der Waals surface area contributed by atoms with E-state index in [1.165, 1.54) is 57.8 Å². The van der Waals surface area contributed by atoms with Crippen LogP contribution in [0, 0.1) is 5.92 Å². The summed E-state index contributed by atoms with van der Waals surface area (Å²) in [6, 6.07) is 3.73. The minimum Gasteiger partial charge on any atom is -0.447 e. The second-order valence-corrected chi connectivity index (χ2v) is 7.41. The Labute approximate surface area is 140 Å². The summed E-state index contributed by atoms with van der Waals surface area (Å²) in [6.07, 6.45) is 12.2. The lowest BCUT2D eigenvalue weighted by Gasteiger charge is -2.02. The third-order valence-electron chi connectivity index (χ3n) is 3.84. The van der Waals surface area contributed by atoms with Gasteiger partial charge in [0.2, 0.25) is 5.78 Å². The van der Waals surface area contributed by atoms with Crippen LogP contribution in [0.3, 0.4) is 0 Å². The van der Waals surface area contributed by atoms with Crippen molar-refractivity contribution in [2.45, 2.75) is 83.7 Å². The summed E-state index contributed by atoms with van der Waals surface area (Å²) in [5.41, 5.74) is 0. The first-order chi connectivity index (χ1) is 10.6. The third kappa shape index (κ3) is 8.07. The second-order valence-electron chi connectivity index (χ2n) is 6.31. The van der Waals surface area contributed by atoms with Crippen molar-refractivity contribution < 1.29 is 9.21 Å². The smallest absolute Gasteiger partial charge is 0.200 e. The van der Waals surface area contributed by atoms with Gasteiger partial charge in [-0.15, -0.1) is 0 Å². The molecule has 0 radical (unpaired) electrons. The maximum atomic E-state index is 11.8. The summed E-state index contributed by atoms with van der Waals surface area (Å²) in [4.78, 5) is 11.8. The zero-order chi connectivity index (χ0) is 16.2. The second kappa shape index (κ2) is 11.8. The van der Waals surface area contributed by atoms with Gasteiger partial charge in [-0.1, -0.05) is 83.9 Å². The average Bonchev–Trinajstić information content (AvgIpc) is 2.97. The highest BCUT2D eigenvalue weighted by molar-refractivity contribution is 7.99. The van der Waals surface area contributed by atoms with Gasteiger partial charge >= 0.3 is 0 Å². The fourth-order valence-electron chi connectivity index (χ4n) is 2.40. The fourth-order valence-corrected chi connectivity index (χ4v) is 3.26. The van der Waals surface area contributed by atoms with Crippen LogP contribution in [-0.2, 0) is 0 Å². The Morgan fingerprint density at radius 3 is 2.18 bits per heavy atom. The summed E-state index contributed by atoms with van der Waals surface area (Å²) >= 11 is 1.73. The molecule has 0 aliphatic rings. The molecular weight excluding hydrogens is 292 g/mol. The number of Topliss-reactive ketones (excluding diaryl/α,β-unsaturated/α-hetero) is 1. The SMILES string of the molecule is CCCCCCCCCCCSc1ccc(C(=O)C(C)C)o1. The quantitative estimate of drug-likeness (QED) is 0.228. The van der Waals surface area contributed by atoms with Crippen LogP contribution in [0.2, 0.25) is 0 Å². The lowest BCUT2D eigenvalue weighted by molar-refractivity contribution is 0.0906. The van der Waals surface area contributed by atoms with Crippen molar-refractivity contribution in [2.75, 3.05) is 5.75 Å². The van der Waals surface area contributed by atoms with E-state index in [9.17, 15) is 4.79 Å². The molecule has 0 fully saturated rings. The lowest BCUT2D eigenvalue weighted by Crippen LogP contribution is -2.05. The van der Waals surface area contributed by atoms with Crippen molar-refractivity contribution in [1.82, 2.24) is 0 Å². The Balaban J connectivity index is 2.02. The Hall–Kier alpha value is -0.700. The van der Waals surface area contributed by atoms with Crippen molar-refractivity contribution >= 4 is 17.5 Å². The molecule has 0 saturated heterocycles. The fraction of sp³-hybridized carbons (Fsp3) is 0.737. The molecule has 0 saturated carbocycles. The minimum atomic E-state index is 0.00123. The number of ketones is 1. The zero-order valence-corrected chi connectivity index (χ0v) is 15.3. The van der Waals surface area contributed by atoms with Crippen molar-refractivity contribution in [1.29, 1.82) is 0 Å². The van der Waals surface area contributed by atoms with Crippen LogP contribution in [0.1, 0.15) is 89.1 Å². The standard InChI is InChI=1S/C19H32O2S/c1-4-5-6-7-8-9-10-11-12-15-22-18-14-13-17(21-18)19(20)16(2)3/h13-14,16H,4-12,15H2,1-3H3. The van der Waals surface area contributed by atoms with Gasteiger partial charge in [0.15, 0.2) is 10.9 Å². The first-order valence-corrected chi connectivity index (χ1v) is 9.90. The van der Waals surface area contributed by atoms with E-state index >= 15 is 0 Å². The van der Waals surface area contributed by atoms with Crippen LogP contribution in [0.15, 0.2) is 21.6 Å². The minimum absolute atomic E-state index is 0.00123. The molecule has 1 aromatic heterocycles. The Morgan fingerprint density at radius 1 is 1.00 bits per heavy atom. The number of carbonyl (C=O) groups excluding carboxylic acids is 1. The van der Waals surface area contributed by atoms with Gasteiger partial charge in [0.05, 0.1) is 0 Å². The molecule has 1 rings (SSSR count). The number of hydrogen-bond donors (Lipinski definition) is 0. The zero-order valence-electron chi connectivity index (χ0n) is 14.5. The van der Waals surface area contributed by atoms with Gasteiger partial charge in [0, 0.05) is 11.7 Å². The van der Waals surface area contributed by atoms with E-state index in [-0.39, 0.29) is 11.7 Å². The van der Waals surface area contributed by atoms with E-state index in [2.05, 4.69) is 6.92 Å². The summed E-state index contributed by atoms with van der Waals surface area (Å²) in [6.45, 7) is 6.07. The molecule has 0 aromatic carbocycles. The number of rotatable bonds is 13. The predicted molar refractivity (Wildman–Crippen MR) is 95.8 cm³/mol. The van der Waals surface area contributed by atoms with E-state index in [1.807, 2.05) is 19.9 Å². The molecule has 22 heavy (non-hydrogen) atoms. The topological polar surface area (TPSA) is 30.2 Å². The maximum absolute atomic E-state index is 11.8. The summed E-state index contributed by atoms with van der Waals surface area (Å²) in [5.74, 6) is 1.68. The van der Waals surface area contributed by atoms with Crippen LogP contribution in [0.25, 0.3) is 0 Å². The molecule has 3 heteroatoms. The lowest BCUT2D eigenvalue weighted by atomic mass is 10.1. The number of furan rings is 1. The molecule has 1 aromatic rings. The predicted octanol–water partition coefficient (Wildman–Crippen LogP) is 6.74. The summed E-state index contributed by atoms with van der Waals surface area (Å²) in [7, 11) is 0.